The van der Waals surface area contributed by atoms with Crippen LogP contribution in [0.1, 0.15) is 24.0 Å². The fourth-order valence-electron chi connectivity index (χ4n) is 2.60. The van der Waals surface area contributed by atoms with Crippen molar-refractivity contribution in [3.63, 3.8) is 0 Å². The number of hydrogen-bond donors (Lipinski definition) is 3. The monoisotopic (exact) mass is 371 g/mol. The molecule has 0 fully saturated rings. The number of carbonyl (C=O) groups is 2. The van der Waals surface area contributed by atoms with Gasteiger partial charge in [-0.25, -0.2) is 0 Å². The lowest BCUT2D eigenvalue weighted by Crippen LogP contribution is -2.39. The van der Waals surface area contributed by atoms with Gasteiger partial charge in [0, 0.05) is 6.42 Å². The average Bonchev–Trinajstić information content (AvgIpc) is 2.68. The van der Waals surface area contributed by atoms with Crippen LogP contribution in [0.5, 0.6) is 5.75 Å². The highest BCUT2D eigenvalue weighted by molar-refractivity contribution is 5.77. The number of aliphatic hydroxyl groups excluding tert-OH is 1. The van der Waals surface area contributed by atoms with E-state index in [9.17, 15) is 19.8 Å². The second-order valence-electron chi connectivity index (χ2n) is 6.27. The van der Waals surface area contributed by atoms with Crippen molar-refractivity contribution in [1.29, 1.82) is 0 Å². The van der Waals surface area contributed by atoms with E-state index in [2.05, 4.69) is 5.32 Å². The normalized spacial score (nSPS) is 11.6. The highest BCUT2D eigenvalue weighted by Crippen LogP contribution is 2.11. The van der Waals surface area contributed by atoms with E-state index in [4.69, 9.17) is 4.74 Å². The lowest BCUT2D eigenvalue weighted by atomic mass is 10.1. The summed E-state index contributed by atoms with van der Waals surface area (Å²) in [6.07, 6.45) is 1.36. The first kappa shape index (κ1) is 20.5. The first-order valence-electron chi connectivity index (χ1n) is 8.94. The molecule has 2 rings (SSSR count). The quantitative estimate of drug-likeness (QED) is 0.555. The number of carbonyl (C=O) groups excluding carboxylic acids is 2. The molecule has 2 aromatic carbocycles. The van der Waals surface area contributed by atoms with Gasteiger partial charge >= 0.3 is 5.97 Å². The van der Waals surface area contributed by atoms with Crippen LogP contribution in [0.25, 0.3) is 0 Å². The topological polar surface area (TPSA) is 95.9 Å². The van der Waals surface area contributed by atoms with Crippen LogP contribution in [-0.2, 0) is 27.2 Å². The number of ether oxygens (including phenoxy) is 1. The van der Waals surface area contributed by atoms with E-state index in [1.54, 1.807) is 24.3 Å². The molecule has 6 heteroatoms. The standard InChI is InChI=1S/C21H25NO5/c23-15-18(14-17-6-9-19(24)10-7-17)22-20(25)12-13-27-21(26)11-8-16-4-2-1-3-5-16/h1-7,9-10,18,23-24H,8,11-15H2,(H,22,25)/t18-/m0/s1. The third-order valence-electron chi connectivity index (χ3n) is 4.06. The number of amides is 1. The summed E-state index contributed by atoms with van der Waals surface area (Å²) < 4.78 is 5.09. The fraction of sp³-hybridized carbons (Fsp3) is 0.333. The van der Waals surface area contributed by atoms with Gasteiger partial charge in [-0.3, -0.25) is 9.59 Å². The van der Waals surface area contributed by atoms with Crippen LogP contribution in [0, 0.1) is 0 Å². The summed E-state index contributed by atoms with van der Waals surface area (Å²) in [4.78, 5) is 23.7. The van der Waals surface area contributed by atoms with Gasteiger partial charge < -0.3 is 20.3 Å². The Labute approximate surface area is 158 Å². The molecule has 144 valence electrons. The van der Waals surface area contributed by atoms with Gasteiger partial charge in [0.1, 0.15) is 12.4 Å². The SMILES string of the molecule is O=C(CCOC(=O)CCc1ccccc1)N[C@H](CO)Cc1ccc(O)cc1. The van der Waals surface area contributed by atoms with Gasteiger partial charge in [0.25, 0.3) is 0 Å². The highest BCUT2D eigenvalue weighted by atomic mass is 16.5. The van der Waals surface area contributed by atoms with Gasteiger partial charge in [-0.2, -0.15) is 0 Å². The molecule has 0 aliphatic carbocycles. The molecule has 1 amide bonds. The van der Waals surface area contributed by atoms with Crippen LogP contribution >= 0.6 is 0 Å². The number of aryl methyl sites for hydroxylation is 1. The molecule has 0 heterocycles. The minimum absolute atomic E-state index is 0.0107. The molecule has 27 heavy (non-hydrogen) atoms. The van der Waals surface area contributed by atoms with E-state index in [0.717, 1.165) is 11.1 Å². The van der Waals surface area contributed by atoms with Crippen molar-refractivity contribution in [1.82, 2.24) is 5.32 Å². The Balaban J connectivity index is 1.65. The van der Waals surface area contributed by atoms with Gasteiger partial charge in [-0.1, -0.05) is 42.5 Å². The number of aliphatic hydroxyl groups is 1. The summed E-state index contributed by atoms with van der Waals surface area (Å²) in [5.41, 5.74) is 1.95. The molecule has 0 aliphatic heterocycles. The van der Waals surface area contributed by atoms with Crippen LogP contribution in [0.4, 0.5) is 0 Å². The van der Waals surface area contributed by atoms with Crippen LogP contribution in [0.3, 0.4) is 0 Å². The summed E-state index contributed by atoms with van der Waals surface area (Å²) in [7, 11) is 0. The molecule has 0 radical (unpaired) electrons. The molecule has 1 atom stereocenters. The van der Waals surface area contributed by atoms with Crippen LogP contribution in [0.2, 0.25) is 0 Å². The number of aromatic hydroxyl groups is 1. The lowest BCUT2D eigenvalue weighted by molar-refractivity contribution is -0.144. The summed E-state index contributed by atoms with van der Waals surface area (Å²) in [5.74, 6) is -0.462. The van der Waals surface area contributed by atoms with E-state index in [-0.39, 0.29) is 43.7 Å². The highest BCUT2D eigenvalue weighted by Gasteiger charge is 2.13. The summed E-state index contributed by atoms with van der Waals surface area (Å²) in [6.45, 7) is -0.194. The molecule has 0 bridgehead atoms. The van der Waals surface area contributed by atoms with Gasteiger partial charge in [0.2, 0.25) is 5.91 Å². The zero-order valence-electron chi connectivity index (χ0n) is 15.1. The van der Waals surface area contributed by atoms with Crippen molar-refractivity contribution in [2.24, 2.45) is 0 Å². The smallest absolute Gasteiger partial charge is 0.306 e. The maximum atomic E-state index is 12.0. The predicted molar refractivity (Wildman–Crippen MR) is 101 cm³/mol. The Morgan fingerprint density at radius 1 is 0.963 bits per heavy atom. The molecule has 3 N–H and O–H groups in total. The second kappa shape index (κ2) is 11.0. The number of esters is 1. The summed E-state index contributed by atoms with van der Waals surface area (Å²) >= 11 is 0. The Hall–Kier alpha value is -2.86. The van der Waals surface area contributed by atoms with Crippen molar-refractivity contribution < 1.29 is 24.5 Å². The third-order valence-corrected chi connectivity index (χ3v) is 4.06. The molecule has 0 saturated carbocycles. The third kappa shape index (κ3) is 7.92. The summed E-state index contributed by atoms with van der Waals surface area (Å²) in [6, 6.07) is 15.8. The number of nitrogens with one attached hydrogen (secondary N) is 1. The fourth-order valence-corrected chi connectivity index (χ4v) is 2.60. The molecule has 0 aromatic heterocycles. The van der Waals surface area contributed by atoms with Crippen molar-refractivity contribution >= 4 is 11.9 Å². The van der Waals surface area contributed by atoms with Crippen molar-refractivity contribution in [2.45, 2.75) is 31.7 Å². The molecule has 0 aliphatic rings. The van der Waals surface area contributed by atoms with Crippen LogP contribution in [-0.4, -0.2) is 41.3 Å². The van der Waals surface area contributed by atoms with E-state index >= 15 is 0 Å². The number of hydrogen-bond acceptors (Lipinski definition) is 5. The molecule has 2 aromatic rings. The molecule has 0 spiro atoms. The minimum atomic E-state index is -0.434. The molecular weight excluding hydrogens is 346 g/mol. The zero-order chi connectivity index (χ0) is 19.5. The maximum Gasteiger partial charge on any atom is 0.306 e. The Kier molecular flexibility index (Phi) is 8.32. The van der Waals surface area contributed by atoms with Crippen LogP contribution < -0.4 is 5.32 Å². The minimum Gasteiger partial charge on any atom is -0.508 e. The number of phenols is 1. The number of rotatable bonds is 10. The Bertz CT molecular complexity index is 715. The predicted octanol–water partition coefficient (Wildman–Crippen LogP) is 1.98. The second-order valence-corrected chi connectivity index (χ2v) is 6.27. The first-order valence-corrected chi connectivity index (χ1v) is 8.94. The zero-order valence-corrected chi connectivity index (χ0v) is 15.1. The molecular formula is C21H25NO5. The van der Waals surface area contributed by atoms with Gasteiger partial charge in [0.15, 0.2) is 0 Å². The summed E-state index contributed by atoms with van der Waals surface area (Å²) in [5, 5.41) is 21.4. The largest absolute Gasteiger partial charge is 0.508 e. The maximum absolute atomic E-state index is 12.0. The van der Waals surface area contributed by atoms with Crippen molar-refractivity contribution in [3.8, 4) is 5.75 Å². The number of phenolic OH excluding ortho intramolecular Hbond substituents is 1. The molecule has 0 saturated heterocycles. The average molecular weight is 371 g/mol. The van der Waals surface area contributed by atoms with Crippen molar-refractivity contribution in [3.05, 3.63) is 65.7 Å². The number of benzene rings is 2. The van der Waals surface area contributed by atoms with Crippen LogP contribution in [0.15, 0.2) is 54.6 Å². The van der Waals surface area contributed by atoms with Gasteiger partial charge in [0.05, 0.1) is 19.1 Å². The van der Waals surface area contributed by atoms with E-state index in [0.29, 0.717) is 12.8 Å². The first-order chi connectivity index (χ1) is 13.1. The van der Waals surface area contributed by atoms with Crippen molar-refractivity contribution in [2.75, 3.05) is 13.2 Å². The molecule has 0 unspecified atom stereocenters. The Morgan fingerprint density at radius 2 is 1.67 bits per heavy atom. The molecule has 6 nitrogen and oxygen atoms in total. The Morgan fingerprint density at radius 3 is 2.33 bits per heavy atom. The lowest BCUT2D eigenvalue weighted by Gasteiger charge is -2.16. The van der Waals surface area contributed by atoms with E-state index < -0.39 is 6.04 Å². The van der Waals surface area contributed by atoms with E-state index in [1.807, 2.05) is 30.3 Å². The van der Waals surface area contributed by atoms with Gasteiger partial charge in [-0.05, 0) is 36.1 Å². The van der Waals surface area contributed by atoms with E-state index in [1.165, 1.54) is 0 Å². The van der Waals surface area contributed by atoms with Gasteiger partial charge in [-0.15, -0.1) is 0 Å².